The monoisotopic (exact) mass is 290 g/mol. The van der Waals surface area contributed by atoms with Gasteiger partial charge in [0.15, 0.2) is 0 Å². The number of hydrogen-bond donors (Lipinski definition) is 0. The highest BCUT2D eigenvalue weighted by Gasteiger charge is 2.17. The molecule has 0 aliphatic carbocycles. The molecule has 0 bridgehead atoms. The first-order chi connectivity index (χ1) is 9.61. The highest BCUT2D eigenvalue weighted by Crippen LogP contribution is 2.20. The molecule has 0 N–H and O–H groups in total. The van der Waals surface area contributed by atoms with Crippen LogP contribution in [0.15, 0.2) is 42.5 Å². The van der Waals surface area contributed by atoms with Crippen LogP contribution in [-0.2, 0) is 26.1 Å². The Morgan fingerprint density at radius 2 is 1.90 bits per heavy atom. The molecule has 0 aromatic heterocycles. The van der Waals surface area contributed by atoms with Gasteiger partial charge >= 0.3 is 5.97 Å². The number of methoxy groups -OCH3 is 1. The summed E-state index contributed by atoms with van der Waals surface area (Å²) in [6.45, 7) is 1.74. The van der Waals surface area contributed by atoms with E-state index >= 15 is 0 Å². The minimum absolute atomic E-state index is 0.309. The minimum Gasteiger partial charge on any atom is -0.469 e. The number of fused-ring (bicyclic) bond motifs is 1. The Hall–Kier alpha value is -1.68. The van der Waals surface area contributed by atoms with E-state index in [-0.39, 0.29) is 11.9 Å². The molecule has 0 heterocycles. The van der Waals surface area contributed by atoms with Crippen LogP contribution in [0.25, 0.3) is 10.8 Å². The average Bonchev–Trinajstić information content (AvgIpc) is 2.46. The molecule has 0 fully saturated rings. The number of hydrogen-bond acceptors (Lipinski definition) is 3. The maximum absolute atomic E-state index is 12.2. The molecule has 2 rings (SSSR count). The zero-order chi connectivity index (χ0) is 14.5. The number of esters is 1. The van der Waals surface area contributed by atoms with Gasteiger partial charge < -0.3 is 4.74 Å². The Bertz CT molecular complexity index is 631. The SMILES string of the molecule is COC(=O)C(C)CS(=O)Cc1cccc2ccccc12. The minimum atomic E-state index is -1.08. The Labute approximate surface area is 121 Å². The van der Waals surface area contributed by atoms with E-state index < -0.39 is 10.8 Å². The average molecular weight is 290 g/mol. The van der Waals surface area contributed by atoms with E-state index in [1.54, 1.807) is 6.92 Å². The second kappa shape index (κ2) is 6.66. The third kappa shape index (κ3) is 3.45. The second-order valence-electron chi connectivity index (χ2n) is 4.81. The largest absolute Gasteiger partial charge is 0.469 e. The van der Waals surface area contributed by atoms with Crippen molar-refractivity contribution in [2.75, 3.05) is 12.9 Å². The van der Waals surface area contributed by atoms with Gasteiger partial charge in [-0.05, 0) is 16.3 Å². The first-order valence-corrected chi connectivity index (χ1v) is 8.00. The van der Waals surface area contributed by atoms with Crippen LogP contribution < -0.4 is 0 Å². The van der Waals surface area contributed by atoms with Crippen LogP contribution in [0.5, 0.6) is 0 Å². The lowest BCUT2D eigenvalue weighted by molar-refractivity contribution is -0.144. The first kappa shape index (κ1) is 14.7. The highest BCUT2D eigenvalue weighted by molar-refractivity contribution is 7.84. The number of carbonyl (C=O) groups excluding carboxylic acids is 1. The molecular weight excluding hydrogens is 272 g/mol. The predicted molar refractivity (Wildman–Crippen MR) is 81.8 cm³/mol. The van der Waals surface area contributed by atoms with Crippen molar-refractivity contribution >= 4 is 27.5 Å². The molecule has 0 spiro atoms. The third-order valence-corrected chi connectivity index (χ3v) is 4.74. The molecule has 0 amide bonds. The van der Waals surface area contributed by atoms with Crippen LogP contribution in [0.2, 0.25) is 0 Å². The summed E-state index contributed by atoms with van der Waals surface area (Å²) < 4.78 is 16.9. The maximum atomic E-state index is 12.2. The smallest absolute Gasteiger partial charge is 0.309 e. The zero-order valence-electron chi connectivity index (χ0n) is 11.7. The predicted octanol–water partition coefficient (Wildman–Crippen LogP) is 2.90. The molecule has 2 atom stereocenters. The quantitative estimate of drug-likeness (QED) is 0.795. The lowest BCUT2D eigenvalue weighted by Crippen LogP contribution is -2.20. The summed E-state index contributed by atoms with van der Waals surface area (Å²) in [6.07, 6.45) is 0. The summed E-state index contributed by atoms with van der Waals surface area (Å²) in [5.74, 6) is 0.144. The third-order valence-electron chi connectivity index (χ3n) is 3.24. The van der Waals surface area contributed by atoms with Gasteiger partial charge in [0, 0.05) is 22.3 Å². The van der Waals surface area contributed by atoms with E-state index in [1.165, 1.54) is 7.11 Å². The van der Waals surface area contributed by atoms with Crippen LogP contribution >= 0.6 is 0 Å². The molecule has 2 aromatic rings. The topological polar surface area (TPSA) is 43.4 Å². The molecular formula is C16H18O3S. The van der Waals surface area contributed by atoms with Crippen LogP contribution in [0, 0.1) is 5.92 Å². The molecule has 2 aromatic carbocycles. The van der Waals surface area contributed by atoms with Crippen molar-refractivity contribution in [1.29, 1.82) is 0 Å². The molecule has 106 valence electrons. The van der Waals surface area contributed by atoms with E-state index in [0.717, 1.165) is 16.3 Å². The van der Waals surface area contributed by atoms with Gasteiger partial charge in [-0.2, -0.15) is 0 Å². The summed E-state index contributed by atoms with van der Waals surface area (Å²) in [7, 11) is 0.273. The Morgan fingerprint density at radius 1 is 1.20 bits per heavy atom. The second-order valence-corrected chi connectivity index (χ2v) is 6.31. The highest BCUT2D eigenvalue weighted by atomic mass is 32.2. The van der Waals surface area contributed by atoms with E-state index in [9.17, 15) is 9.00 Å². The van der Waals surface area contributed by atoms with E-state index in [0.29, 0.717) is 11.5 Å². The molecule has 20 heavy (non-hydrogen) atoms. The molecule has 0 aliphatic rings. The van der Waals surface area contributed by atoms with Crippen LogP contribution in [0.1, 0.15) is 12.5 Å². The molecule has 2 unspecified atom stereocenters. The Morgan fingerprint density at radius 3 is 2.65 bits per heavy atom. The van der Waals surface area contributed by atoms with Crippen molar-refractivity contribution < 1.29 is 13.7 Å². The van der Waals surface area contributed by atoms with Crippen LogP contribution in [0.3, 0.4) is 0 Å². The number of rotatable bonds is 5. The van der Waals surface area contributed by atoms with E-state index in [4.69, 9.17) is 0 Å². The van der Waals surface area contributed by atoms with Crippen molar-refractivity contribution in [2.45, 2.75) is 12.7 Å². The fourth-order valence-electron chi connectivity index (χ4n) is 2.20. The van der Waals surface area contributed by atoms with Gasteiger partial charge in [0.05, 0.1) is 13.0 Å². The molecule has 0 aliphatic heterocycles. The number of carbonyl (C=O) groups is 1. The molecule has 0 saturated heterocycles. The van der Waals surface area contributed by atoms with Crippen molar-refractivity contribution in [3.8, 4) is 0 Å². The molecule has 0 saturated carbocycles. The molecule has 0 radical (unpaired) electrons. The lowest BCUT2D eigenvalue weighted by Gasteiger charge is -2.10. The van der Waals surface area contributed by atoms with Gasteiger partial charge in [0.1, 0.15) is 0 Å². The summed E-state index contributed by atoms with van der Waals surface area (Å²) in [5.41, 5.74) is 1.05. The van der Waals surface area contributed by atoms with Gasteiger partial charge in [-0.15, -0.1) is 0 Å². The van der Waals surface area contributed by atoms with Crippen molar-refractivity contribution in [1.82, 2.24) is 0 Å². The van der Waals surface area contributed by atoms with Crippen LogP contribution in [0.4, 0.5) is 0 Å². The van der Waals surface area contributed by atoms with Gasteiger partial charge in [0.2, 0.25) is 0 Å². The fourth-order valence-corrected chi connectivity index (χ4v) is 3.61. The summed E-state index contributed by atoms with van der Waals surface area (Å²) >= 11 is 0. The summed E-state index contributed by atoms with van der Waals surface area (Å²) in [5, 5.41) is 2.26. The maximum Gasteiger partial charge on any atom is 0.309 e. The molecule has 3 nitrogen and oxygen atoms in total. The van der Waals surface area contributed by atoms with E-state index in [2.05, 4.69) is 4.74 Å². The van der Waals surface area contributed by atoms with Gasteiger partial charge in [0.25, 0.3) is 0 Å². The Kier molecular flexibility index (Phi) is 4.90. The zero-order valence-corrected chi connectivity index (χ0v) is 12.5. The van der Waals surface area contributed by atoms with Crippen LogP contribution in [-0.4, -0.2) is 23.0 Å². The van der Waals surface area contributed by atoms with Gasteiger partial charge in [-0.1, -0.05) is 49.4 Å². The normalized spacial score (nSPS) is 13.9. The summed E-state index contributed by atoms with van der Waals surface area (Å²) in [6, 6.07) is 14.0. The van der Waals surface area contributed by atoms with Gasteiger partial charge in [-0.3, -0.25) is 9.00 Å². The van der Waals surface area contributed by atoms with Crippen molar-refractivity contribution in [2.24, 2.45) is 5.92 Å². The standard InChI is InChI=1S/C16H18O3S/c1-12(16(17)19-2)10-20(18)11-14-8-5-7-13-6-3-4-9-15(13)14/h3-9,12H,10-11H2,1-2H3. The summed E-state index contributed by atoms with van der Waals surface area (Å²) in [4.78, 5) is 11.4. The van der Waals surface area contributed by atoms with Gasteiger partial charge in [-0.25, -0.2) is 0 Å². The number of benzene rings is 2. The van der Waals surface area contributed by atoms with E-state index in [1.807, 2.05) is 42.5 Å². The fraction of sp³-hybridized carbons (Fsp3) is 0.312. The van der Waals surface area contributed by atoms with Crippen molar-refractivity contribution in [3.05, 3.63) is 48.0 Å². The van der Waals surface area contributed by atoms with Crippen molar-refractivity contribution in [3.63, 3.8) is 0 Å². The molecule has 4 heteroatoms. The first-order valence-electron chi connectivity index (χ1n) is 6.51. The Balaban J connectivity index is 2.12. The lowest BCUT2D eigenvalue weighted by atomic mass is 10.1. The number of ether oxygens (including phenoxy) is 1.